The van der Waals surface area contributed by atoms with Crippen LogP contribution in [0.15, 0.2) is 12.3 Å². The van der Waals surface area contributed by atoms with Gasteiger partial charge in [0.15, 0.2) is 0 Å². The molecule has 7 nitrogen and oxygen atoms in total. The van der Waals surface area contributed by atoms with E-state index in [-0.39, 0.29) is 17.1 Å². The summed E-state index contributed by atoms with van der Waals surface area (Å²) in [6, 6.07) is 1.12. The molecule has 1 aromatic heterocycles. The molecule has 0 aliphatic heterocycles. The fourth-order valence-corrected chi connectivity index (χ4v) is 1.76. The van der Waals surface area contributed by atoms with Crippen LogP contribution in [0.2, 0.25) is 0 Å². The maximum absolute atomic E-state index is 10.6. The van der Waals surface area contributed by atoms with Crippen LogP contribution in [0, 0.1) is 10.1 Å². The molecule has 0 bridgehead atoms. The van der Waals surface area contributed by atoms with Gasteiger partial charge in [0.05, 0.1) is 11.0 Å². The number of aliphatic hydroxyl groups is 2. The van der Waals surface area contributed by atoms with E-state index in [1.54, 1.807) is 0 Å². The Kier molecular flexibility index (Phi) is 4.79. The first-order valence-corrected chi connectivity index (χ1v) is 5.91. The first kappa shape index (κ1) is 13.8. The molecule has 0 aliphatic rings. The second kappa shape index (κ2) is 5.89. The van der Waals surface area contributed by atoms with Gasteiger partial charge in [0.2, 0.25) is 0 Å². The number of aromatic nitrogens is 1. The predicted molar refractivity (Wildman–Crippen MR) is 64.7 cm³/mol. The number of rotatable bonds is 5. The molecular formula is C9H12BrN3O4. The summed E-state index contributed by atoms with van der Waals surface area (Å²) in [7, 11) is 0. The van der Waals surface area contributed by atoms with Crippen LogP contribution in [0.25, 0.3) is 0 Å². The first-order valence-electron chi connectivity index (χ1n) is 4.79. The third-order valence-electron chi connectivity index (χ3n) is 2.23. The summed E-state index contributed by atoms with van der Waals surface area (Å²) in [5.41, 5.74) is 5.29. The summed E-state index contributed by atoms with van der Waals surface area (Å²) < 4.78 is 0. The number of nitro groups is 1. The van der Waals surface area contributed by atoms with Crippen LogP contribution in [0.4, 0.5) is 11.5 Å². The summed E-state index contributed by atoms with van der Waals surface area (Å²) in [6.07, 6.45) is -1.05. The van der Waals surface area contributed by atoms with E-state index >= 15 is 0 Å². The highest BCUT2D eigenvalue weighted by molar-refractivity contribution is 9.09. The number of anilines is 1. The molecule has 2 atom stereocenters. The van der Waals surface area contributed by atoms with E-state index in [4.69, 9.17) is 5.73 Å². The summed E-state index contributed by atoms with van der Waals surface area (Å²) in [5.74, 6) is -0.0308. The summed E-state index contributed by atoms with van der Waals surface area (Å²) in [6.45, 7) is 0. The molecule has 0 spiro atoms. The van der Waals surface area contributed by atoms with Gasteiger partial charge in [-0.15, -0.1) is 0 Å². The van der Waals surface area contributed by atoms with Crippen molar-refractivity contribution in [3.05, 3.63) is 27.9 Å². The quantitative estimate of drug-likeness (QED) is 0.419. The summed E-state index contributed by atoms with van der Waals surface area (Å²) >= 11 is 3.12. The van der Waals surface area contributed by atoms with E-state index in [1.165, 1.54) is 0 Å². The van der Waals surface area contributed by atoms with Gasteiger partial charge >= 0.3 is 0 Å². The van der Waals surface area contributed by atoms with Crippen molar-refractivity contribution in [3.8, 4) is 0 Å². The van der Waals surface area contributed by atoms with Crippen LogP contribution in [0.5, 0.6) is 0 Å². The van der Waals surface area contributed by atoms with Crippen LogP contribution < -0.4 is 5.73 Å². The van der Waals surface area contributed by atoms with Crippen LogP contribution >= 0.6 is 15.9 Å². The van der Waals surface area contributed by atoms with E-state index in [0.717, 1.165) is 12.3 Å². The zero-order chi connectivity index (χ0) is 13.0. The van der Waals surface area contributed by atoms with E-state index in [0.29, 0.717) is 11.8 Å². The van der Waals surface area contributed by atoms with Crippen molar-refractivity contribution < 1.29 is 15.1 Å². The zero-order valence-corrected chi connectivity index (χ0v) is 10.4. The molecule has 1 heterocycles. The number of hydrogen-bond acceptors (Lipinski definition) is 6. The molecule has 0 radical (unpaired) electrons. The van der Waals surface area contributed by atoms with Gasteiger partial charge in [-0.1, -0.05) is 15.9 Å². The molecule has 17 heavy (non-hydrogen) atoms. The van der Waals surface area contributed by atoms with Crippen molar-refractivity contribution in [2.75, 3.05) is 11.1 Å². The topological polar surface area (TPSA) is 123 Å². The average molecular weight is 306 g/mol. The fourth-order valence-electron chi connectivity index (χ4n) is 1.29. The minimum atomic E-state index is -1.29. The zero-order valence-electron chi connectivity index (χ0n) is 8.78. The fraction of sp³-hybridized carbons (Fsp3) is 0.444. The maximum Gasteiger partial charge on any atom is 0.288 e. The number of halogens is 1. The monoisotopic (exact) mass is 305 g/mol. The van der Waals surface area contributed by atoms with Gasteiger partial charge in [0, 0.05) is 17.0 Å². The van der Waals surface area contributed by atoms with Crippen molar-refractivity contribution in [2.24, 2.45) is 0 Å². The Bertz CT molecular complexity index is 415. The predicted octanol–water partition coefficient (Wildman–Crippen LogP) is 0.751. The van der Waals surface area contributed by atoms with E-state index < -0.39 is 17.1 Å². The minimum absolute atomic E-state index is 0.0308. The Balaban J connectivity index is 3.03. The van der Waals surface area contributed by atoms with Gasteiger partial charge in [0.25, 0.3) is 5.69 Å². The normalized spacial score (nSPS) is 14.3. The van der Waals surface area contributed by atoms with E-state index in [9.17, 15) is 20.3 Å². The molecule has 1 aromatic rings. The highest BCUT2D eigenvalue weighted by Crippen LogP contribution is 2.26. The third-order valence-corrected chi connectivity index (χ3v) is 2.69. The van der Waals surface area contributed by atoms with E-state index in [2.05, 4.69) is 20.9 Å². The number of hydrogen-bond donors (Lipinski definition) is 3. The van der Waals surface area contributed by atoms with Gasteiger partial charge in [-0.3, -0.25) is 10.1 Å². The summed E-state index contributed by atoms with van der Waals surface area (Å²) in [4.78, 5) is 13.5. The lowest BCUT2D eigenvalue weighted by Gasteiger charge is -2.17. The number of nitrogens with zero attached hydrogens (tertiary/aromatic N) is 2. The van der Waals surface area contributed by atoms with Gasteiger partial charge < -0.3 is 15.9 Å². The molecule has 0 saturated heterocycles. The van der Waals surface area contributed by atoms with Crippen LogP contribution in [-0.4, -0.2) is 31.6 Å². The molecule has 4 N–H and O–H groups in total. The van der Waals surface area contributed by atoms with Crippen LogP contribution in [0.3, 0.4) is 0 Å². The van der Waals surface area contributed by atoms with Gasteiger partial charge in [-0.05, 0) is 6.42 Å². The second-order valence-electron chi connectivity index (χ2n) is 3.41. The van der Waals surface area contributed by atoms with Gasteiger partial charge in [-0.2, -0.15) is 0 Å². The number of aliphatic hydroxyl groups excluding tert-OH is 2. The molecule has 0 fully saturated rings. The van der Waals surface area contributed by atoms with Crippen molar-refractivity contribution >= 4 is 27.4 Å². The Hall–Kier alpha value is -1.25. The molecule has 0 saturated carbocycles. The molecular weight excluding hydrogens is 294 g/mol. The maximum atomic E-state index is 10.6. The SMILES string of the molecule is Nc1ncc([N+](=O)[O-])cc1C(O)C(O)CCBr. The molecule has 8 heteroatoms. The molecule has 0 aliphatic carbocycles. The van der Waals surface area contributed by atoms with Crippen molar-refractivity contribution in [1.29, 1.82) is 0 Å². The third kappa shape index (κ3) is 3.35. The number of alkyl halides is 1. The van der Waals surface area contributed by atoms with Crippen LogP contribution in [-0.2, 0) is 0 Å². The molecule has 0 aromatic carbocycles. The molecule has 94 valence electrons. The van der Waals surface area contributed by atoms with Gasteiger partial charge in [-0.25, -0.2) is 4.98 Å². The lowest BCUT2D eigenvalue weighted by Crippen LogP contribution is -2.20. The lowest BCUT2D eigenvalue weighted by atomic mass is 10.0. The lowest BCUT2D eigenvalue weighted by molar-refractivity contribution is -0.385. The van der Waals surface area contributed by atoms with Crippen LogP contribution in [0.1, 0.15) is 18.1 Å². The van der Waals surface area contributed by atoms with Gasteiger partial charge in [0.1, 0.15) is 18.1 Å². The standard InChI is InChI=1S/C9H12BrN3O4/c10-2-1-7(14)8(15)6-3-5(13(16)17)4-12-9(6)11/h3-4,7-8,14-15H,1-2H2,(H2,11,12). The first-order chi connectivity index (χ1) is 7.97. The van der Waals surface area contributed by atoms with Crippen molar-refractivity contribution in [3.63, 3.8) is 0 Å². The smallest absolute Gasteiger partial charge is 0.288 e. The Morgan fingerprint density at radius 2 is 2.24 bits per heavy atom. The van der Waals surface area contributed by atoms with Crippen molar-refractivity contribution in [2.45, 2.75) is 18.6 Å². The average Bonchev–Trinajstić information content (AvgIpc) is 2.28. The Morgan fingerprint density at radius 3 is 2.76 bits per heavy atom. The molecule has 1 rings (SSSR count). The minimum Gasteiger partial charge on any atom is -0.390 e. The number of nitrogen functional groups attached to an aromatic ring is 1. The second-order valence-corrected chi connectivity index (χ2v) is 4.21. The highest BCUT2D eigenvalue weighted by Gasteiger charge is 2.23. The molecule has 0 amide bonds. The molecule has 2 unspecified atom stereocenters. The Morgan fingerprint density at radius 1 is 1.59 bits per heavy atom. The number of nitrogens with two attached hydrogens (primary N) is 1. The van der Waals surface area contributed by atoms with Crippen molar-refractivity contribution in [1.82, 2.24) is 4.98 Å². The van der Waals surface area contributed by atoms with E-state index in [1.807, 2.05) is 0 Å². The number of pyridine rings is 1. The summed E-state index contributed by atoms with van der Waals surface area (Å²) in [5, 5.41) is 30.4. The highest BCUT2D eigenvalue weighted by atomic mass is 79.9. The Labute approximate surface area is 106 Å². The largest absolute Gasteiger partial charge is 0.390 e.